The third kappa shape index (κ3) is 4.20. The van der Waals surface area contributed by atoms with Crippen LogP contribution in [0.4, 0.5) is 10.5 Å². The molecule has 3 rings (SSSR count). The largest absolute Gasteiger partial charge is 0.334 e. The maximum Gasteiger partial charge on any atom is 0.322 e. The van der Waals surface area contributed by atoms with Gasteiger partial charge in [0, 0.05) is 25.3 Å². The summed E-state index contributed by atoms with van der Waals surface area (Å²) in [5.74, 6) is 0. The van der Waals surface area contributed by atoms with Crippen molar-refractivity contribution in [3.05, 3.63) is 65.2 Å². The van der Waals surface area contributed by atoms with Crippen LogP contribution in [0.25, 0.3) is 0 Å². The van der Waals surface area contributed by atoms with Crippen molar-refractivity contribution in [2.24, 2.45) is 0 Å². The molecule has 0 unspecified atom stereocenters. The Balaban J connectivity index is 1.54. The third-order valence-electron chi connectivity index (χ3n) is 4.90. The fourth-order valence-corrected chi connectivity index (χ4v) is 3.29. The molecule has 2 aromatic rings. The summed E-state index contributed by atoms with van der Waals surface area (Å²) < 4.78 is 0. The zero-order valence-electron chi connectivity index (χ0n) is 15.2. The number of hydrogen-bond acceptors (Lipinski definition) is 2. The minimum atomic E-state index is -0.0165. The minimum Gasteiger partial charge on any atom is -0.334 e. The van der Waals surface area contributed by atoms with E-state index in [2.05, 4.69) is 54.4 Å². The molecular formula is C21H27N3O. The van der Waals surface area contributed by atoms with Crippen LogP contribution in [0.2, 0.25) is 0 Å². The van der Waals surface area contributed by atoms with E-state index in [1.165, 1.54) is 11.1 Å². The van der Waals surface area contributed by atoms with Crippen LogP contribution < -0.4 is 10.2 Å². The summed E-state index contributed by atoms with van der Waals surface area (Å²) in [6.45, 7) is 8.78. The molecule has 1 aliphatic heterocycles. The van der Waals surface area contributed by atoms with Gasteiger partial charge in [-0.2, -0.15) is 0 Å². The van der Waals surface area contributed by atoms with E-state index in [1.807, 2.05) is 23.1 Å². The molecule has 0 aromatic heterocycles. The average molecular weight is 337 g/mol. The molecule has 25 heavy (non-hydrogen) atoms. The molecule has 132 valence electrons. The van der Waals surface area contributed by atoms with E-state index in [9.17, 15) is 4.79 Å². The predicted octanol–water partition coefficient (Wildman–Crippen LogP) is 3.80. The Morgan fingerprint density at radius 3 is 2.44 bits per heavy atom. The molecule has 0 radical (unpaired) electrons. The molecule has 0 spiro atoms. The number of rotatable bonds is 6. The van der Waals surface area contributed by atoms with E-state index in [-0.39, 0.29) is 6.03 Å². The summed E-state index contributed by atoms with van der Waals surface area (Å²) in [6, 6.07) is 16.6. The van der Waals surface area contributed by atoms with Gasteiger partial charge in [0.15, 0.2) is 0 Å². The Labute approximate surface area is 150 Å². The van der Waals surface area contributed by atoms with Gasteiger partial charge in [-0.15, -0.1) is 0 Å². The monoisotopic (exact) mass is 337 g/mol. The number of para-hydroxylation sites is 1. The van der Waals surface area contributed by atoms with Crippen LogP contribution in [-0.4, -0.2) is 30.6 Å². The molecule has 0 bridgehead atoms. The maximum absolute atomic E-state index is 12.5. The number of nitrogens with zero attached hydrogens (tertiary/aromatic N) is 2. The van der Waals surface area contributed by atoms with Gasteiger partial charge in [-0.05, 0) is 42.3 Å². The lowest BCUT2D eigenvalue weighted by molar-refractivity contribution is 0.246. The highest BCUT2D eigenvalue weighted by atomic mass is 16.2. The highest BCUT2D eigenvalue weighted by Crippen LogP contribution is 2.27. The number of anilines is 1. The lowest BCUT2D eigenvalue weighted by Crippen LogP contribution is -2.38. The van der Waals surface area contributed by atoms with Crippen LogP contribution in [0, 0.1) is 0 Å². The molecule has 0 fully saturated rings. The summed E-state index contributed by atoms with van der Waals surface area (Å²) in [4.78, 5) is 16.7. The van der Waals surface area contributed by atoms with Gasteiger partial charge in [-0.25, -0.2) is 4.79 Å². The second-order valence-electron chi connectivity index (χ2n) is 6.47. The van der Waals surface area contributed by atoms with Gasteiger partial charge in [0.2, 0.25) is 0 Å². The van der Waals surface area contributed by atoms with Crippen molar-refractivity contribution in [1.82, 2.24) is 10.2 Å². The van der Waals surface area contributed by atoms with E-state index in [1.54, 1.807) is 0 Å². The van der Waals surface area contributed by atoms with Crippen LogP contribution in [0.5, 0.6) is 0 Å². The Kier molecular flexibility index (Phi) is 5.71. The van der Waals surface area contributed by atoms with Crippen LogP contribution >= 0.6 is 0 Å². The zero-order chi connectivity index (χ0) is 17.6. The molecule has 0 atom stereocenters. The molecule has 1 N–H and O–H groups in total. The van der Waals surface area contributed by atoms with Crippen molar-refractivity contribution in [3.8, 4) is 0 Å². The van der Waals surface area contributed by atoms with Gasteiger partial charge in [0.25, 0.3) is 0 Å². The molecule has 4 nitrogen and oxygen atoms in total. The molecule has 0 aliphatic carbocycles. The number of hydrogen-bond donors (Lipinski definition) is 1. The summed E-state index contributed by atoms with van der Waals surface area (Å²) in [5, 5.41) is 3.04. The van der Waals surface area contributed by atoms with E-state index in [4.69, 9.17) is 0 Å². The summed E-state index contributed by atoms with van der Waals surface area (Å²) in [5.41, 5.74) is 4.73. The highest BCUT2D eigenvalue weighted by molar-refractivity contribution is 5.94. The van der Waals surface area contributed by atoms with E-state index in [0.29, 0.717) is 6.54 Å². The van der Waals surface area contributed by atoms with Crippen LogP contribution in [0.1, 0.15) is 30.5 Å². The lowest BCUT2D eigenvalue weighted by atomic mass is 10.1. The first-order valence-corrected chi connectivity index (χ1v) is 9.14. The number of benzene rings is 2. The number of fused-ring (bicyclic) bond motifs is 1. The van der Waals surface area contributed by atoms with Crippen molar-refractivity contribution in [2.75, 3.05) is 24.5 Å². The van der Waals surface area contributed by atoms with Gasteiger partial charge in [-0.1, -0.05) is 56.3 Å². The fourth-order valence-electron chi connectivity index (χ4n) is 3.29. The Morgan fingerprint density at radius 1 is 1.04 bits per heavy atom. The number of urea groups is 1. The zero-order valence-corrected chi connectivity index (χ0v) is 15.2. The Hall–Kier alpha value is -2.33. The first kappa shape index (κ1) is 17.5. The standard InChI is InChI=1S/C21H27N3O/c1-3-23(4-2)16-18-11-9-17(10-12-18)15-22-21(25)24-14-13-19-7-5-6-8-20(19)24/h5-12H,3-4,13-16H2,1-2H3,(H,22,25). The molecule has 4 heteroatoms. The summed E-state index contributed by atoms with van der Waals surface area (Å²) >= 11 is 0. The van der Waals surface area contributed by atoms with Gasteiger partial charge in [0.05, 0.1) is 0 Å². The minimum absolute atomic E-state index is 0.0165. The maximum atomic E-state index is 12.5. The van der Waals surface area contributed by atoms with Gasteiger partial charge < -0.3 is 5.32 Å². The quantitative estimate of drug-likeness (QED) is 0.870. The first-order valence-electron chi connectivity index (χ1n) is 9.14. The second-order valence-corrected chi connectivity index (χ2v) is 6.47. The lowest BCUT2D eigenvalue weighted by Gasteiger charge is -2.19. The summed E-state index contributed by atoms with van der Waals surface area (Å²) in [7, 11) is 0. The van der Waals surface area contributed by atoms with Gasteiger partial charge in [0.1, 0.15) is 0 Å². The molecule has 2 amide bonds. The smallest absolute Gasteiger partial charge is 0.322 e. The molecule has 1 aliphatic rings. The van der Waals surface area contributed by atoms with Crippen molar-refractivity contribution in [2.45, 2.75) is 33.4 Å². The topological polar surface area (TPSA) is 35.6 Å². The highest BCUT2D eigenvalue weighted by Gasteiger charge is 2.23. The van der Waals surface area contributed by atoms with Crippen molar-refractivity contribution in [3.63, 3.8) is 0 Å². The van der Waals surface area contributed by atoms with Crippen molar-refractivity contribution in [1.29, 1.82) is 0 Å². The predicted molar refractivity (Wildman–Crippen MR) is 103 cm³/mol. The second kappa shape index (κ2) is 8.17. The molecule has 1 heterocycles. The molecule has 0 saturated heterocycles. The first-order chi connectivity index (χ1) is 12.2. The van der Waals surface area contributed by atoms with Crippen LogP contribution in [-0.2, 0) is 19.5 Å². The Morgan fingerprint density at radius 2 is 1.72 bits per heavy atom. The number of amides is 2. The normalized spacial score (nSPS) is 13.2. The fraction of sp³-hybridized carbons (Fsp3) is 0.381. The molecular weight excluding hydrogens is 310 g/mol. The van der Waals surface area contributed by atoms with E-state index in [0.717, 1.165) is 43.9 Å². The Bertz CT molecular complexity index is 707. The van der Waals surface area contributed by atoms with Crippen LogP contribution in [0.15, 0.2) is 48.5 Å². The van der Waals surface area contributed by atoms with Gasteiger partial charge >= 0.3 is 6.03 Å². The van der Waals surface area contributed by atoms with Crippen molar-refractivity contribution >= 4 is 11.7 Å². The average Bonchev–Trinajstić information content (AvgIpc) is 3.09. The number of carbonyl (C=O) groups excluding carboxylic acids is 1. The van der Waals surface area contributed by atoms with E-state index >= 15 is 0 Å². The van der Waals surface area contributed by atoms with Crippen molar-refractivity contribution < 1.29 is 4.79 Å². The molecule has 0 saturated carbocycles. The number of nitrogens with one attached hydrogen (secondary N) is 1. The third-order valence-corrected chi connectivity index (χ3v) is 4.90. The van der Waals surface area contributed by atoms with E-state index < -0.39 is 0 Å². The number of carbonyl (C=O) groups is 1. The SMILES string of the molecule is CCN(CC)Cc1ccc(CNC(=O)N2CCc3ccccc32)cc1. The summed E-state index contributed by atoms with van der Waals surface area (Å²) in [6.07, 6.45) is 0.934. The molecule has 2 aromatic carbocycles. The van der Waals surface area contributed by atoms with Gasteiger partial charge in [-0.3, -0.25) is 9.80 Å². The van der Waals surface area contributed by atoms with Crippen LogP contribution in [0.3, 0.4) is 0 Å².